The number of hydrogen-bond donors (Lipinski definition) is 1. The summed E-state index contributed by atoms with van der Waals surface area (Å²) in [5.41, 5.74) is 0.102. The quantitative estimate of drug-likeness (QED) is 0.544. The van der Waals surface area contributed by atoms with Gasteiger partial charge in [0, 0.05) is 34.5 Å². The van der Waals surface area contributed by atoms with Crippen molar-refractivity contribution < 1.29 is 31.8 Å². The van der Waals surface area contributed by atoms with Crippen molar-refractivity contribution in [3.63, 3.8) is 0 Å². The van der Waals surface area contributed by atoms with Gasteiger partial charge in [-0.05, 0) is 30.3 Å². The Morgan fingerprint density at radius 1 is 1.03 bits per heavy atom. The zero-order chi connectivity index (χ0) is 23.5. The van der Waals surface area contributed by atoms with Gasteiger partial charge in [-0.1, -0.05) is 11.6 Å². The predicted molar refractivity (Wildman–Crippen MR) is 117 cm³/mol. The minimum atomic E-state index is -3.91. The Morgan fingerprint density at radius 3 is 2.44 bits per heavy atom. The highest BCUT2D eigenvalue weighted by molar-refractivity contribution is 7.89. The number of aromatic nitrogens is 1. The third kappa shape index (κ3) is 5.27. The number of ether oxygens (including phenoxy) is 3. The van der Waals surface area contributed by atoms with Crippen LogP contribution in [0.4, 0.5) is 4.39 Å². The van der Waals surface area contributed by atoms with E-state index in [-0.39, 0.29) is 22.9 Å². The van der Waals surface area contributed by atoms with Crippen LogP contribution in [0, 0.1) is 5.82 Å². The average Bonchev–Trinajstić information content (AvgIpc) is 2.73. The zero-order valence-corrected chi connectivity index (χ0v) is 18.8. The number of nitrogens with zero attached hydrogens (tertiary/aromatic N) is 1. The molecule has 0 spiro atoms. The summed E-state index contributed by atoms with van der Waals surface area (Å²) in [6.07, 6.45) is 2.28. The van der Waals surface area contributed by atoms with Crippen LogP contribution in [-0.4, -0.2) is 39.8 Å². The Morgan fingerprint density at radius 2 is 1.78 bits per heavy atom. The van der Waals surface area contributed by atoms with E-state index in [4.69, 9.17) is 25.8 Å². The highest BCUT2D eigenvalue weighted by Crippen LogP contribution is 2.41. The van der Waals surface area contributed by atoms with E-state index in [1.54, 1.807) is 22.9 Å². The lowest BCUT2D eigenvalue weighted by Gasteiger charge is -2.17. The number of benzene rings is 2. The first kappa shape index (κ1) is 23.3. The Hall–Kier alpha value is -3.37. The molecule has 0 fully saturated rings. The van der Waals surface area contributed by atoms with E-state index in [1.807, 2.05) is 0 Å². The van der Waals surface area contributed by atoms with Crippen LogP contribution in [0.25, 0.3) is 11.1 Å². The van der Waals surface area contributed by atoms with Crippen molar-refractivity contribution in [2.24, 2.45) is 0 Å². The molecular formula is C21H18ClFN2O6S. The fourth-order valence-corrected chi connectivity index (χ4v) is 3.46. The number of hydrogen-bond acceptors (Lipinski definition) is 7. The van der Waals surface area contributed by atoms with Crippen LogP contribution in [-0.2, 0) is 10.0 Å². The molecular weight excluding hydrogens is 463 g/mol. The standard InChI is InChI=1S/C21H18ClFN2O6S/c1-29-19-9-12(22)6-7-17(19)31-18-11-16(23)15(20(26)25-32(3,27)28)10-14(18)13-5-4-8-24-21(13)30-2/h4-11H,1-3H3,(H,25,26). The van der Waals surface area contributed by atoms with Crippen molar-refractivity contribution in [2.75, 3.05) is 20.5 Å². The van der Waals surface area contributed by atoms with Crippen LogP contribution in [0.3, 0.4) is 0 Å². The first-order valence-electron chi connectivity index (χ1n) is 8.99. The SMILES string of the molecule is COc1cc(Cl)ccc1Oc1cc(F)c(C(=O)NS(C)(=O)=O)cc1-c1cccnc1OC. The van der Waals surface area contributed by atoms with Crippen molar-refractivity contribution >= 4 is 27.5 Å². The molecule has 1 aromatic heterocycles. The number of pyridine rings is 1. The highest BCUT2D eigenvalue weighted by atomic mass is 35.5. The lowest BCUT2D eigenvalue weighted by molar-refractivity contribution is 0.0978. The molecule has 1 amide bonds. The topological polar surface area (TPSA) is 104 Å². The van der Waals surface area contributed by atoms with Crippen molar-refractivity contribution in [1.29, 1.82) is 0 Å². The number of amides is 1. The second-order valence-corrected chi connectivity index (χ2v) is 8.67. The molecule has 32 heavy (non-hydrogen) atoms. The molecule has 1 N–H and O–H groups in total. The smallest absolute Gasteiger partial charge is 0.267 e. The van der Waals surface area contributed by atoms with E-state index in [2.05, 4.69) is 4.98 Å². The van der Waals surface area contributed by atoms with Gasteiger partial charge in [0.25, 0.3) is 5.91 Å². The largest absolute Gasteiger partial charge is 0.493 e. The van der Waals surface area contributed by atoms with Crippen LogP contribution in [0.5, 0.6) is 23.1 Å². The lowest BCUT2D eigenvalue weighted by atomic mass is 10.0. The van der Waals surface area contributed by atoms with Gasteiger partial charge in [-0.3, -0.25) is 4.79 Å². The third-order valence-corrected chi connectivity index (χ3v) is 4.98. The molecule has 11 heteroatoms. The van der Waals surface area contributed by atoms with E-state index in [9.17, 15) is 17.6 Å². The molecule has 0 saturated carbocycles. The van der Waals surface area contributed by atoms with Crippen LogP contribution in [0.15, 0.2) is 48.7 Å². The maximum atomic E-state index is 14.9. The van der Waals surface area contributed by atoms with Crippen LogP contribution in [0.2, 0.25) is 5.02 Å². The summed E-state index contributed by atoms with van der Waals surface area (Å²) in [7, 11) is -1.10. The summed E-state index contributed by atoms with van der Waals surface area (Å²) in [4.78, 5) is 16.5. The molecule has 0 unspecified atom stereocenters. The van der Waals surface area contributed by atoms with Gasteiger partial charge in [0.2, 0.25) is 15.9 Å². The van der Waals surface area contributed by atoms with E-state index in [0.717, 1.165) is 18.4 Å². The molecule has 3 rings (SSSR count). The monoisotopic (exact) mass is 480 g/mol. The maximum absolute atomic E-state index is 14.9. The van der Waals surface area contributed by atoms with Gasteiger partial charge >= 0.3 is 0 Å². The molecule has 8 nitrogen and oxygen atoms in total. The summed E-state index contributed by atoms with van der Waals surface area (Å²) in [6, 6.07) is 9.99. The second-order valence-electron chi connectivity index (χ2n) is 6.49. The summed E-state index contributed by atoms with van der Waals surface area (Å²) in [6.45, 7) is 0. The summed E-state index contributed by atoms with van der Waals surface area (Å²) < 4.78 is 56.0. The Bertz CT molecular complexity index is 1280. The molecule has 0 radical (unpaired) electrons. The number of sulfonamides is 1. The molecule has 168 valence electrons. The van der Waals surface area contributed by atoms with Gasteiger partial charge in [-0.15, -0.1) is 0 Å². The number of carbonyl (C=O) groups excluding carboxylic acids is 1. The van der Waals surface area contributed by atoms with Gasteiger partial charge in [0.1, 0.15) is 11.6 Å². The Labute approximate surface area is 189 Å². The number of halogens is 2. The maximum Gasteiger partial charge on any atom is 0.267 e. The summed E-state index contributed by atoms with van der Waals surface area (Å²) in [5.74, 6) is -1.42. The van der Waals surface area contributed by atoms with Crippen molar-refractivity contribution in [3.05, 3.63) is 65.1 Å². The third-order valence-electron chi connectivity index (χ3n) is 4.19. The lowest BCUT2D eigenvalue weighted by Crippen LogP contribution is -2.30. The van der Waals surface area contributed by atoms with Gasteiger partial charge in [0.15, 0.2) is 11.5 Å². The van der Waals surface area contributed by atoms with Crippen LogP contribution >= 0.6 is 11.6 Å². The van der Waals surface area contributed by atoms with Gasteiger partial charge < -0.3 is 14.2 Å². The minimum absolute atomic E-state index is 0.00493. The molecule has 0 bridgehead atoms. The van der Waals surface area contributed by atoms with Crippen LogP contribution in [0.1, 0.15) is 10.4 Å². The molecule has 2 aromatic carbocycles. The number of nitrogens with one attached hydrogen (secondary N) is 1. The first-order chi connectivity index (χ1) is 15.1. The fraction of sp³-hybridized carbons (Fsp3) is 0.143. The summed E-state index contributed by atoms with van der Waals surface area (Å²) in [5, 5.41) is 0.405. The van der Waals surface area contributed by atoms with Gasteiger partial charge in [0.05, 0.1) is 26.0 Å². The second kappa shape index (κ2) is 9.41. The molecule has 0 saturated heterocycles. The van der Waals surface area contributed by atoms with E-state index in [0.29, 0.717) is 16.3 Å². The van der Waals surface area contributed by atoms with Gasteiger partial charge in [-0.2, -0.15) is 0 Å². The van der Waals surface area contributed by atoms with Crippen molar-refractivity contribution in [3.8, 4) is 34.3 Å². The predicted octanol–water partition coefficient (Wildman–Crippen LogP) is 4.04. The Kier molecular flexibility index (Phi) is 6.85. The van der Waals surface area contributed by atoms with Crippen molar-refractivity contribution in [2.45, 2.75) is 0 Å². The van der Waals surface area contributed by atoms with Gasteiger partial charge in [-0.25, -0.2) is 22.5 Å². The molecule has 0 aliphatic carbocycles. The highest BCUT2D eigenvalue weighted by Gasteiger charge is 2.23. The van der Waals surface area contributed by atoms with E-state index < -0.39 is 27.3 Å². The van der Waals surface area contributed by atoms with Crippen LogP contribution < -0.4 is 18.9 Å². The number of rotatable bonds is 7. The molecule has 0 aliphatic rings. The molecule has 0 aliphatic heterocycles. The van der Waals surface area contributed by atoms with E-state index >= 15 is 0 Å². The molecule has 0 atom stereocenters. The zero-order valence-electron chi connectivity index (χ0n) is 17.2. The Balaban J connectivity index is 2.20. The summed E-state index contributed by atoms with van der Waals surface area (Å²) >= 11 is 5.99. The normalized spacial score (nSPS) is 11.0. The molecule has 3 aromatic rings. The first-order valence-corrected chi connectivity index (χ1v) is 11.3. The average molecular weight is 481 g/mol. The van der Waals surface area contributed by atoms with Crippen molar-refractivity contribution in [1.82, 2.24) is 9.71 Å². The number of carbonyl (C=O) groups is 1. The number of methoxy groups -OCH3 is 2. The minimum Gasteiger partial charge on any atom is -0.493 e. The fourth-order valence-electron chi connectivity index (χ4n) is 2.85. The van der Waals surface area contributed by atoms with E-state index in [1.165, 1.54) is 32.5 Å². The molecule has 1 heterocycles.